The maximum Gasteiger partial charge on any atom is 0.270 e. The van der Waals surface area contributed by atoms with E-state index in [1.54, 1.807) is 42.5 Å². The van der Waals surface area contributed by atoms with Crippen LogP contribution in [-0.4, -0.2) is 16.9 Å². The molecular formula is C24H13BrCl3IN2O3S. The summed E-state index contributed by atoms with van der Waals surface area (Å²) in [4.78, 5) is 27.1. The highest BCUT2D eigenvalue weighted by Crippen LogP contribution is 2.36. The van der Waals surface area contributed by atoms with E-state index in [4.69, 9.17) is 51.8 Å². The normalized spacial score (nSPS) is 14.9. The largest absolute Gasteiger partial charge is 0.487 e. The molecule has 4 rings (SSSR count). The van der Waals surface area contributed by atoms with E-state index in [0.717, 1.165) is 14.0 Å². The van der Waals surface area contributed by atoms with Gasteiger partial charge in [-0.05, 0) is 104 Å². The Bertz CT molecular complexity index is 1380. The van der Waals surface area contributed by atoms with Crippen LogP contribution in [0.15, 0.2) is 64.6 Å². The molecule has 1 N–H and O–H groups in total. The summed E-state index contributed by atoms with van der Waals surface area (Å²) in [5.41, 5.74) is 1.75. The van der Waals surface area contributed by atoms with Crippen molar-refractivity contribution in [3.63, 3.8) is 0 Å². The Morgan fingerprint density at radius 1 is 1.09 bits per heavy atom. The van der Waals surface area contributed by atoms with Crippen LogP contribution >= 0.6 is 85.5 Å². The molecule has 3 aromatic carbocycles. The Balaban J connectivity index is 1.63. The molecule has 35 heavy (non-hydrogen) atoms. The molecule has 0 unspecified atom stereocenters. The summed E-state index contributed by atoms with van der Waals surface area (Å²) in [6, 6.07) is 15.8. The first-order valence-electron chi connectivity index (χ1n) is 9.87. The third-order valence-corrected chi connectivity index (χ3v) is 7.64. The molecular weight excluding hydrogens is 710 g/mol. The average molecular weight is 723 g/mol. The molecule has 2 amide bonds. The second-order valence-electron chi connectivity index (χ2n) is 7.26. The summed E-state index contributed by atoms with van der Waals surface area (Å²) in [6.45, 7) is 0.347. The number of carbonyl (C=O) groups excluding carboxylic acids is 2. The van der Waals surface area contributed by atoms with Crippen molar-refractivity contribution in [2.24, 2.45) is 0 Å². The molecule has 3 aromatic rings. The molecule has 0 aliphatic carbocycles. The molecule has 178 valence electrons. The standard InChI is InChI=1S/C24H13BrCl3IN2O3S/c25-16-9-13(10-18(29)21(16)34-11-12-4-6-14(26)7-5-12)8-15-22(32)30-24(35)31(23(15)33)19-3-1-2-17(27)20(19)28/h1-10H,11H2,(H,30,32,35)/b15-8+. The van der Waals surface area contributed by atoms with Crippen molar-refractivity contribution in [3.05, 3.63) is 94.4 Å². The molecule has 0 aromatic heterocycles. The number of rotatable bonds is 5. The molecule has 1 saturated heterocycles. The fraction of sp³-hybridized carbons (Fsp3) is 0.0417. The number of halogens is 5. The minimum absolute atomic E-state index is 0.0805. The predicted octanol–water partition coefficient (Wildman–Crippen LogP) is 7.42. The van der Waals surface area contributed by atoms with Crippen LogP contribution < -0.4 is 15.0 Å². The summed E-state index contributed by atoms with van der Waals surface area (Å²) in [5, 5.41) is 3.52. The third kappa shape index (κ3) is 5.84. The van der Waals surface area contributed by atoms with Gasteiger partial charge in [-0.15, -0.1) is 0 Å². The Morgan fingerprint density at radius 3 is 2.49 bits per heavy atom. The Labute approximate surface area is 243 Å². The van der Waals surface area contributed by atoms with Gasteiger partial charge in [-0.2, -0.15) is 0 Å². The maximum atomic E-state index is 13.3. The summed E-state index contributed by atoms with van der Waals surface area (Å²) in [5.74, 6) is -0.587. The smallest absolute Gasteiger partial charge is 0.270 e. The Morgan fingerprint density at radius 2 is 1.80 bits per heavy atom. The number of amides is 2. The fourth-order valence-electron chi connectivity index (χ4n) is 3.24. The van der Waals surface area contributed by atoms with Crippen LogP contribution in [0.2, 0.25) is 15.1 Å². The Kier molecular flexibility index (Phi) is 8.40. The quantitative estimate of drug-likeness (QED) is 0.129. The van der Waals surface area contributed by atoms with Crippen molar-refractivity contribution < 1.29 is 14.3 Å². The number of benzene rings is 3. The second-order valence-corrected chi connectivity index (χ2v) is 10.9. The third-order valence-electron chi connectivity index (χ3n) is 4.90. The van der Waals surface area contributed by atoms with Gasteiger partial charge in [0.1, 0.15) is 17.9 Å². The van der Waals surface area contributed by atoms with Crippen molar-refractivity contribution in [1.29, 1.82) is 0 Å². The first kappa shape index (κ1) is 26.4. The number of nitrogens with zero attached hydrogens (tertiary/aromatic N) is 1. The minimum Gasteiger partial charge on any atom is -0.487 e. The molecule has 11 heteroatoms. The van der Waals surface area contributed by atoms with Crippen molar-refractivity contribution >= 4 is 114 Å². The lowest BCUT2D eigenvalue weighted by atomic mass is 10.1. The van der Waals surface area contributed by atoms with Crippen molar-refractivity contribution in [1.82, 2.24) is 5.32 Å². The van der Waals surface area contributed by atoms with Crippen LogP contribution in [0.1, 0.15) is 11.1 Å². The monoisotopic (exact) mass is 720 g/mol. The van der Waals surface area contributed by atoms with Crippen LogP contribution in [0.3, 0.4) is 0 Å². The van der Waals surface area contributed by atoms with E-state index in [1.807, 2.05) is 12.1 Å². The molecule has 1 aliphatic rings. The zero-order chi connectivity index (χ0) is 25.3. The highest BCUT2D eigenvalue weighted by Gasteiger charge is 2.35. The molecule has 0 bridgehead atoms. The fourth-order valence-corrected chi connectivity index (χ4v) is 5.79. The number of thiocarbonyl (C=S) groups is 1. The van der Waals surface area contributed by atoms with E-state index in [0.29, 0.717) is 27.4 Å². The predicted molar refractivity (Wildman–Crippen MR) is 155 cm³/mol. The number of carbonyl (C=O) groups is 2. The summed E-state index contributed by atoms with van der Waals surface area (Å²) in [6.07, 6.45) is 1.49. The minimum atomic E-state index is -0.614. The van der Waals surface area contributed by atoms with Crippen molar-refractivity contribution in [2.45, 2.75) is 6.61 Å². The number of anilines is 1. The van der Waals surface area contributed by atoms with Gasteiger partial charge in [0.2, 0.25) is 0 Å². The van der Waals surface area contributed by atoms with Crippen LogP contribution in [0, 0.1) is 3.57 Å². The lowest BCUT2D eigenvalue weighted by Gasteiger charge is -2.29. The summed E-state index contributed by atoms with van der Waals surface area (Å²) < 4.78 is 7.43. The zero-order valence-corrected chi connectivity index (χ0v) is 24.3. The van der Waals surface area contributed by atoms with Gasteiger partial charge < -0.3 is 4.74 Å². The molecule has 5 nitrogen and oxygen atoms in total. The van der Waals surface area contributed by atoms with Crippen LogP contribution in [0.5, 0.6) is 5.75 Å². The van der Waals surface area contributed by atoms with Gasteiger partial charge in [0.15, 0.2) is 5.11 Å². The van der Waals surface area contributed by atoms with Gasteiger partial charge in [0.05, 0.1) is 23.8 Å². The molecule has 0 radical (unpaired) electrons. The number of ether oxygens (including phenoxy) is 1. The van der Waals surface area contributed by atoms with E-state index in [9.17, 15) is 9.59 Å². The van der Waals surface area contributed by atoms with E-state index in [2.05, 4.69) is 43.8 Å². The highest BCUT2D eigenvalue weighted by molar-refractivity contribution is 14.1. The van der Waals surface area contributed by atoms with Gasteiger partial charge in [-0.25, -0.2) is 0 Å². The van der Waals surface area contributed by atoms with Gasteiger partial charge in [0.25, 0.3) is 11.8 Å². The van der Waals surface area contributed by atoms with Gasteiger partial charge in [0, 0.05) is 5.02 Å². The van der Waals surface area contributed by atoms with E-state index >= 15 is 0 Å². The topological polar surface area (TPSA) is 58.6 Å². The Hall–Kier alpha value is -1.69. The summed E-state index contributed by atoms with van der Waals surface area (Å²) >= 11 is 29.2. The molecule has 1 heterocycles. The van der Waals surface area contributed by atoms with Crippen LogP contribution in [-0.2, 0) is 16.2 Å². The number of hydrogen-bond donors (Lipinski definition) is 1. The summed E-state index contributed by atoms with van der Waals surface area (Å²) in [7, 11) is 0. The van der Waals surface area contributed by atoms with Gasteiger partial charge in [-0.1, -0.05) is 53.0 Å². The second kappa shape index (κ2) is 11.1. The first-order chi connectivity index (χ1) is 16.7. The van der Waals surface area contributed by atoms with Gasteiger partial charge in [-0.3, -0.25) is 19.8 Å². The van der Waals surface area contributed by atoms with Gasteiger partial charge >= 0.3 is 0 Å². The van der Waals surface area contributed by atoms with E-state index in [1.165, 1.54) is 6.08 Å². The zero-order valence-electron chi connectivity index (χ0n) is 17.5. The van der Waals surface area contributed by atoms with Crippen molar-refractivity contribution in [3.8, 4) is 5.75 Å². The molecule has 1 aliphatic heterocycles. The van der Waals surface area contributed by atoms with Crippen LogP contribution in [0.4, 0.5) is 5.69 Å². The molecule has 1 fully saturated rings. The lowest BCUT2D eigenvalue weighted by Crippen LogP contribution is -2.54. The molecule has 0 atom stereocenters. The van der Waals surface area contributed by atoms with E-state index < -0.39 is 11.8 Å². The number of hydrogen-bond acceptors (Lipinski definition) is 4. The number of nitrogens with one attached hydrogen (secondary N) is 1. The SMILES string of the molecule is O=C1NC(=S)N(c2cccc(Cl)c2Cl)C(=O)/C1=C/c1cc(Br)c(OCc2ccc(Cl)cc2)c(I)c1. The maximum absolute atomic E-state index is 13.3. The van der Waals surface area contributed by atoms with E-state index in [-0.39, 0.29) is 26.4 Å². The lowest BCUT2D eigenvalue weighted by molar-refractivity contribution is -0.122. The highest BCUT2D eigenvalue weighted by atomic mass is 127. The molecule has 0 spiro atoms. The first-order valence-corrected chi connectivity index (χ1v) is 13.3. The van der Waals surface area contributed by atoms with Crippen molar-refractivity contribution in [2.75, 3.05) is 4.90 Å². The average Bonchev–Trinajstić information content (AvgIpc) is 2.80. The molecule has 0 saturated carbocycles. The van der Waals surface area contributed by atoms with Crippen LogP contribution in [0.25, 0.3) is 6.08 Å².